The van der Waals surface area contributed by atoms with Crippen LogP contribution in [0.5, 0.6) is 0 Å². The van der Waals surface area contributed by atoms with Gasteiger partial charge in [-0.3, -0.25) is 9.11 Å². The van der Waals surface area contributed by atoms with E-state index in [1.807, 2.05) is 0 Å². The van der Waals surface area contributed by atoms with Crippen LogP contribution in [0.25, 0.3) is 0 Å². The molecule has 0 saturated heterocycles. The summed E-state index contributed by atoms with van der Waals surface area (Å²) in [4.78, 5) is 20.9. The molecule has 0 heterocycles. The zero-order valence-electron chi connectivity index (χ0n) is 8.14. The van der Waals surface area contributed by atoms with Crippen molar-refractivity contribution < 1.29 is 37.3 Å². The molecule has 0 aliphatic carbocycles. The monoisotopic (exact) mass is 288 g/mol. The molecule has 0 aromatic heterocycles. The summed E-state index contributed by atoms with van der Waals surface area (Å²) < 4.78 is 31.6. The molecule has 4 N–H and O–H groups in total. The second kappa shape index (κ2) is 8.19. The number of aromatic carboxylic acids is 2. The van der Waals surface area contributed by atoms with Crippen LogP contribution < -0.4 is 0 Å². The van der Waals surface area contributed by atoms with E-state index in [1.165, 1.54) is 24.3 Å². The van der Waals surface area contributed by atoms with Gasteiger partial charge in [0.2, 0.25) is 0 Å². The molecule has 1 rings (SSSR count). The van der Waals surface area contributed by atoms with Crippen LogP contribution >= 0.6 is 0 Å². The molecule has 10 heteroatoms. The van der Waals surface area contributed by atoms with Crippen LogP contribution in [0.4, 0.5) is 0 Å². The van der Waals surface area contributed by atoms with Crippen LogP contribution in [0.1, 0.15) is 20.7 Å². The Bertz CT molecular complexity index is 483. The maximum atomic E-state index is 10.5. The molecule has 18 heavy (non-hydrogen) atoms. The van der Waals surface area contributed by atoms with Crippen LogP contribution in [0.15, 0.2) is 24.3 Å². The molecule has 0 unspecified atom stereocenters. The van der Waals surface area contributed by atoms with E-state index in [0.29, 0.717) is 0 Å². The molecule has 96 valence electrons. The number of rotatable bonds is 2. The molecule has 0 fully saturated rings. The Labute approximate surface area is 124 Å². The van der Waals surface area contributed by atoms with Crippen molar-refractivity contribution in [1.82, 2.24) is 0 Å². The quantitative estimate of drug-likeness (QED) is 0.431. The molecular formula is C8H9NaO8S. The van der Waals surface area contributed by atoms with Gasteiger partial charge < -0.3 is 10.2 Å². The fourth-order valence-corrected chi connectivity index (χ4v) is 0.856. The van der Waals surface area contributed by atoms with Crippen molar-refractivity contribution in [1.29, 1.82) is 0 Å². The summed E-state index contributed by atoms with van der Waals surface area (Å²) in [5.74, 6) is -2.46. The molecule has 0 saturated carbocycles. The van der Waals surface area contributed by atoms with Gasteiger partial charge in [-0.25, -0.2) is 9.59 Å². The topological polar surface area (TPSA) is 149 Å². The van der Waals surface area contributed by atoms with Gasteiger partial charge in [-0.15, -0.1) is 0 Å². The maximum absolute atomic E-state index is 10.5. The van der Waals surface area contributed by atoms with E-state index in [1.54, 1.807) is 0 Å². The normalized spacial score (nSPS) is 9.44. The molecule has 0 atom stereocenters. The first-order valence-electron chi connectivity index (χ1n) is 3.88. The first-order chi connectivity index (χ1) is 7.63. The fraction of sp³-hybridized carbons (Fsp3) is 0. The van der Waals surface area contributed by atoms with Gasteiger partial charge in [0.25, 0.3) is 0 Å². The predicted octanol–water partition coefficient (Wildman–Crippen LogP) is -0.218. The first-order valence-corrected chi connectivity index (χ1v) is 5.28. The Morgan fingerprint density at radius 1 is 0.889 bits per heavy atom. The summed E-state index contributed by atoms with van der Waals surface area (Å²) in [6.07, 6.45) is 0. The van der Waals surface area contributed by atoms with Crippen molar-refractivity contribution in [2.45, 2.75) is 0 Å². The van der Waals surface area contributed by atoms with Crippen LogP contribution in [-0.4, -0.2) is 69.2 Å². The molecule has 1 aromatic carbocycles. The van der Waals surface area contributed by atoms with Gasteiger partial charge >= 0.3 is 51.9 Å². The van der Waals surface area contributed by atoms with E-state index in [4.69, 9.17) is 27.7 Å². The van der Waals surface area contributed by atoms with Crippen molar-refractivity contribution in [2.24, 2.45) is 0 Å². The van der Waals surface area contributed by atoms with E-state index in [9.17, 15) is 9.59 Å². The summed E-state index contributed by atoms with van der Waals surface area (Å²) in [5.41, 5.74) is -0.380. The Balaban J connectivity index is 0. The predicted molar refractivity (Wildman–Crippen MR) is 61.7 cm³/mol. The zero-order chi connectivity index (χ0) is 13.6. The van der Waals surface area contributed by atoms with Gasteiger partial charge in [-0.2, -0.15) is 8.42 Å². The minimum absolute atomic E-state index is 0. The molecule has 0 aliphatic rings. The van der Waals surface area contributed by atoms with Crippen molar-refractivity contribution >= 4 is 51.9 Å². The molecule has 1 aromatic rings. The van der Waals surface area contributed by atoms with Crippen LogP contribution in [0.2, 0.25) is 0 Å². The third-order valence-electron chi connectivity index (χ3n) is 1.39. The van der Waals surface area contributed by atoms with E-state index >= 15 is 0 Å². The molecule has 0 radical (unpaired) electrons. The van der Waals surface area contributed by atoms with E-state index in [2.05, 4.69) is 0 Å². The number of hydrogen-bond acceptors (Lipinski definition) is 4. The molecule has 0 spiro atoms. The van der Waals surface area contributed by atoms with Crippen LogP contribution in [0.3, 0.4) is 0 Å². The minimum atomic E-state index is -4.67. The molecule has 0 amide bonds. The first kappa shape index (κ1) is 19.4. The second-order valence-electron chi connectivity index (χ2n) is 2.60. The van der Waals surface area contributed by atoms with Gasteiger partial charge in [0.1, 0.15) is 0 Å². The summed E-state index contributed by atoms with van der Waals surface area (Å²) in [6, 6.07) is 5.48. The van der Waals surface area contributed by atoms with E-state index in [0.717, 1.165) is 0 Å². The molecule has 8 nitrogen and oxygen atoms in total. The summed E-state index contributed by atoms with van der Waals surface area (Å²) >= 11 is 0. The van der Waals surface area contributed by atoms with Crippen LogP contribution in [-0.2, 0) is 10.4 Å². The second-order valence-corrected chi connectivity index (χ2v) is 3.50. The zero-order valence-corrected chi connectivity index (χ0v) is 8.96. The number of benzene rings is 1. The molecule has 0 aliphatic heterocycles. The van der Waals surface area contributed by atoms with E-state index < -0.39 is 22.3 Å². The Morgan fingerprint density at radius 2 is 1.11 bits per heavy atom. The number of carbonyl (C=O) groups is 2. The number of hydrogen-bond donors (Lipinski definition) is 4. The third kappa shape index (κ3) is 9.10. The van der Waals surface area contributed by atoms with Gasteiger partial charge in [-0.05, 0) is 12.1 Å². The molecule has 0 bridgehead atoms. The van der Waals surface area contributed by atoms with E-state index in [-0.39, 0.29) is 40.7 Å². The summed E-state index contributed by atoms with van der Waals surface area (Å²) in [6.45, 7) is 0. The van der Waals surface area contributed by atoms with Gasteiger partial charge in [0, 0.05) is 0 Å². The number of carboxylic acid groups (broad SMARTS) is 2. The third-order valence-corrected chi connectivity index (χ3v) is 1.39. The standard InChI is InChI=1S/C8H6O4.Na.H2O4S.H/c9-7(10)5-3-1-2-4-6(5)8(11)12;;1-5(2,3)4;/h1-4H,(H,9,10)(H,11,12);;(H2,1,2,3,4);. The molecular weight excluding hydrogens is 279 g/mol. The van der Waals surface area contributed by atoms with Gasteiger partial charge in [-0.1, -0.05) is 12.1 Å². The van der Waals surface area contributed by atoms with Crippen molar-refractivity contribution in [2.75, 3.05) is 0 Å². The van der Waals surface area contributed by atoms with Gasteiger partial charge in [0.15, 0.2) is 0 Å². The van der Waals surface area contributed by atoms with Crippen molar-refractivity contribution in [3.63, 3.8) is 0 Å². The van der Waals surface area contributed by atoms with Gasteiger partial charge in [0.05, 0.1) is 11.1 Å². The number of carboxylic acids is 2. The fourth-order valence-electron chi connectivity index (χ4n) is 0.856. The summed E-state index contributed by atoms with van der Waals surface area (Å²) in [7, 11) is -4.67. The van der Waals surface area contributed by atoms with Crippen molar-refractivity contribution in [3.8, 4) is 0 Å². The average molecular weight is 288 g/mol. The SMILES string of the molecule is O=C(O)c1ccccc1C(=O)O.O=S(=O)(O)O.[NaH]. The van der Waals surface area contributed by atoms with Crippen molar-refractivity contribution in [3.05, 3.63) is 35.4 Å². The summed E-state index contributed by atoms with van der Waals surface area (Å²) in [5, 5.41) is 17.1. The average Bonchev–Trinajstić information content (AvgIpc) is 2.15. The Kier molecular flexibility index (Phi) is 8.81. The Hall–Kier alpha value is -0.970. The van der Waals surface area contributed by atoms with Crippen LogP contribution in [0, 0.1) is 0 Å². The Morgan fingerprint density at radius 3 is 1.28 bits per heavy atom.